The fraction of sp³-hybridized carbons (Fsp3) is 0.444. The lowest BCUT2D eigenvalue weighted by molar-refractivity contribution is -0.122. The van der Waals surface area contributed by atoms with Crippen LogP contribution in [-0.2, 0) is 11.8 Å². The SMILES string of the molecule is Cc1nn(C)c(C)c1[C@H](C)C(=O)N[C@H]1C[C@@H]1c1ccc(F)cc1. The first-order valence-electron chi connectivity index (χ1n) is 7.94. The van der Waals surface area contributed by atoms with Crippen molar-refractivity contribution < 1.29 is 9.18 Å². The molecule has 1 aromatic heterocycles. The number of halogens is 1. The first kappa shape index (κ1) is 15.7. The second-order valence-corrected chi connectivity index (χ2v) is 6.44. The first-order valence-corrected chi connectivity index (χ1v) is 7.94. The maximum atomic E-state index is 13.0. The molecule has 0 unspecified atom stereocenters. The van der Waals surface area contributed by atoms with E-state index < -0.39 is 0 Å². The molecule has 3 rings (SSSR count). The average molecular weight is 315 g/mol. The molecule has 0 bridgehead atoms. The lowest BCUT2D eigenvalue weighted by Gasteiger charge is -2.13. The van der Waals surface area contributed by atoms with Gasteiger partial charge in [-0.2, -0.15) is 5.10 Å². The highest BCUT2D eigenvalue weighted by Crippen LogP contribution is 2.41. The number of benzene rings is 1. The molecule has 1 heterocycles. The number of nitrogens with zero attached hydrogens (tertiary/aromatic N) is 2. The van der Waals surface area contributed by atoms with Gasteiger partial charge >= 0.3 is 0 Å². The standard InChI is InChI=1S/C18H22FN3O/c1-10(17-11(2)21-22(4)12(17)3)18(23)20-16-9-15(16)13-5-7-14(19)8-6-13/h5-8,10,15-16H,9H2,1-4H3,(H,20,23)/t10-,15+,16-/m0/s1. The Bertz CT molecular complexity index is 735. The summed E-state index contributed by atoms with van der Waals surface area (Å²) in [5.74, 6) is -0.133. The van der Waals surface area contributed by atoms with Gasteiger partial charge in [0.25, 0.3) is 0 Å². The molecule has 1 aromatic carbocycles. The van der Waals surface area contributed by atoms with Crippen molar-refractivity contribution in [2.24, 2.45) is 7.05 Å². The molecule has 1 aliphatic rings. The van der Waals surface area contributed by atoms with Crippen LogP contribution in [0.5, 0.6) is 0 Å². The fourth-order valence-electron chi connectivity index (χ4n) is 3.29. The molecule has 122 valence electrons. The van der Waals surface area contributed by atoms with E-state index in [2.05, 4.69) is 10.4 Å². The number of carbonyl (C=O) groups is 1. The first-order chi connectivity index (χ1) is 10.9. The second kappa shape index (κ2) is 5.80. The monoisotopic (exact) mass is 315 g/mol. The molecule has 1 amide bonds. The molecule has 3 atom stereocenters. The molecule has 0 saturated heterocycles. The predicted octanol–water partition coefficient (Wildman–Crippen LogP) is 2.95. The molecule has 5 heteroatoms. The van der Waals surface area contributed by atoms with Crippen molar-refractivity contribution in [3.63, 3.8) is 0 Å². The van der Waals surface area contributed by atoms with Crippen LogP contribution in [0.3, 0.4) is 0 Å². The summed E-state index contributed by atoms with van der Waals surface area (Å²) in [7, 11) is 1.89. The normalized spacial score (nSPS) is 21.1. The minimum atomic E-state index is -0.230. The fourth-order valence-corrected chi connectivity index (χ4v) is 3.29. The van der Waals surface area contributed by atoms with Gasteiger partial charge < -0.3 is 5.32 Å². The van der Waals surface area contributed by atoms with Crippen LogP contribution in [0.1, 0.15) is 47.7 Å². The molecule has 4 nitrogen and oxygen atoms in total. The van der Waals surface area contributed by atoms with Gasteiger partial charge in [-0.15, -0.1) is 0 Å². The molecule has 23 heavy (non-hydrogen) atoms. The zero-order valence-electron chi connectivity index (χ0n) is 13.9. The van der Waals surface area contributed by atoms with Gasteiger partial charge in [0.1, 0.15) is 5.82 Å². The van der Waals surface area contributed by atoms with Crippen LogP contribution in [0.2, 0.25) is 0 Å². The Kier molecular flexibility index (Phi) is 3.96. The van der Waals surface area contributed by atoms with Crippen LogP contribution in [0.15, 0.2) is 24.3 Å². The largest absolute Gasteiger partial charge is 0.352 e. The van der Waals surface area contributed by atoms with Crippen molar-refractivity contribution in [2.75, 3.05) is 0 Å². The number of nitrogens with one attached hydrogen (secondary N) is 1. The molecular formula is C18H22FN3O. The molecule has 1 aliphatic carbocycles. The van der Waals surface area contributed by atoms with Crippen molar-refractivity contribution in [3.05, 3.63) is 52.6 Å². The summed E-state index contributed by atoms with van der Waals surface area (Å²) in [5, 5.41) is 7.49. The Hall–Kier alpha value is -2.17. The number of rotatable bonds is 4. The van der Waals surface area contributed by atoms with Gasteiger partial charge in [0.05, 0.1) is 11.6 Å². The zero-order valence-corrected chi connectivity index (χ0v) is 13.9. The summed E-state index contributed by atoms with van der Waals surface area (Å²) in [5.41, 5.74) is 4.01. The van der Waals surface area contributed by atoms with Crippen LogP contribution in [0.4, 0.5) is 4.39 Å². The van der Waals surface area contributed by atoms with E-state index in [-0.39, 0.29) is 23.7 Å². The lowest BCUT2D eigenvalue weighted by atomic mass is 9.98. The Morgan fingerprint density at radius 1 is 1.35 bits per heavy atom. The molecule has 1 saturated carbocycles. The van der Waals surface area contributed by atoms with Crippen molar-refractivity contribution in [1.82, 2.24) is 15.1 Å². The van der Waals surface area contributed by atoms with Crippen molar-refractivity contribution in [1.29, 1.82) is 0 Å². The molecule has 0 spiro atoms. The zero-order chi connectivity index (χ0) is 16.7. The van der Waals surface area contributed by atoms with Crippen LogP contribution >= 0.6 is 0 Å². The van der Waals surface area contributed by atoms with Gasteiger partial charge in [-0.25, -0.2) is 4.39 Å². The maximum absolute atomic E-state index is 13.0. The summed E-state index contributed by atoms with van der Waals surface area (Å²) >= 11 is 0. The third kappa shape index (κ3) is 3.00. The number of amides is 1. The van der Waals surface area contributed by atoms with Crippen LogP contribution < -0.4 is 5.32 Å². The Labute approximate surface area is 135 Å². The minimum absolute atomic E-state index is 0.0267. The number of hydrogen-bond acceptors (Lipinski definition) is 2. The Balaban J connectivity index is 1.65. The van der Waals surface area contributed by atoms with E-state index >= 15 is 0 Å². The average Bonchev–Trinajstić information content (AvgIpc) is 3.21. The second-order valence-electron chi connectivity index (χ2n) is 6.44. The van der Waals surface area contributed by atoms with Crippen molar-refractivity contribution >= 4 is 5.91 Å². The van der Waals surface area contributed by atoms with Crippen LogP contribution in [0, 0.1) is 19.7 Å². The summed E-state index contributed by atoms with van der Waals surface area (Å²) in [6.07, 6.45) is 0.912. The van der Waals surface area contributed by atoms with Gasteiger partial charge in [0, 0.05) is 30.3 Å². The molecule has 0 radical (unpaired) electrons. The third-order valence-electron chi connectivity index (χ3n) is 4.81. The third-order valence-corrected chi connectivity index (χ3v) is 4.81. The van der Waals surface area contributed by atoms with Gasteiger partial charge in [0.2, 0.25) is 5.91 Å². The Morgan fingerprint density at radius 2 is 2.00 bits per heavy atom. The smallest absolute Gasteiger partial charge is 0.227 e. The molecule has 0 aliphatic heterocycles. The Morgan fingerprint density at radius 3 is 2.57 bits per heavy atom. The lowest BCUT2D eigenvalue weighted by Crippen LogP contribution is -2.31. The summed E-state index contributed by atoms with van der Waals surface area (Å²) in [6.45, 7) is 5.84. The van der Waals surface area contributed by atoms with Gasteiger partial charge in [-0.1, -0.05) is 12.1 Å². The number of hydrogen-bond donors (Lipinski definition) is 1. The quantitative estimate of drug-likeness (QED) is 0.943. The van der Waals surface area contributed by atoms with Crippen molar-refractivity contribution in [3.8, 4) is 0 Å². The van der Waals surface area contributed by atoms with Gasteiger partial charge in [0.15, 0.2) is 0 Å². The number of carbonyl (C=O) groups excluding carboxylic acids is 1. The summed E-state index contributed by atoms with van der Waals surface area (Å²) in [4.78, 5) is 12.5. The topological polar surface area (TPSA) is 46.9 Å². The van der Waals surface area contributed by atoms with Crippen LogP contribution in [-0.4, -0.2) is 21.7 Å². The molecule has 2 aromatic rings. The van der Waals surface area contributed by atoms with E-state index in [0.29, 0.717) is 5.92 Å². The minimum Gasteiger partial charge on any atom is -0.352 e. The van der Waals surface area contributed by atoms with Gasteiger partial charge in [-0.3, -0.25) is 9.48 Å². The van der Waals surface area contributed by atoms with E-state index in [1.165, 1.54) is 12.1 Å². The highest BCUT2D eigenvalue weighted by atomic mass is 19.1. The van der Waals surface area contributed by atoms with Crippen LogP contribution in [0.25, 0.3) is 0 Å². The van der Waals surface area contributed by atoms with E-state index in [1.807, 2.05) is 32.5 Å². The van der Waals surface area contributed by atoms with E-state index in [9.17, 15) is 9.18 Å². The highest BCUT2D eigenvalue weighted by molar-refractivity contribution is 5.84. The summed E-state index contributed by atoms with van der Waals surface area (Å²) in [6, 6.07) is 6.68. The van der Waals surface area contributed by atoms with E-state index in [0.717, 1.165) is 28.9 Å². The maximum Gasteiger partial charge on any atom is 0.227 e. The number of aromatic nitrogens is 2. The molecule has 1 fully saturated rings. The summed E-state index contributed by atoms with van der Waals surface area (Å²) < 4.78 is 14.8. The van der Waals surface area contributed by atoms with E-state index in [4.69, 9.17) is 0 Å². The molecular weight excluding hydrogens is 293 g/mol. The highest BCUT2D eigenvalue weighted by Gasteiger charge is 2.40. The number of aryl methyl sites for hydroxylation is 2. The van der Waals surface area contributed by atoms with Gasteiger partial charge in [-0.05, 0) is 44.9 Å². The van der Waals surface area contributed by atoms with E-state index in [1.54, 1.807) is 12.1 Å². The predicted molar refractivity (Wildman–Crippen MR) is 86.8 cm³/mol. The van der Waals surface area contributed by atoms with Crippen molar-refractivity contribution in [2.45, 2.75) is 45.1 Å². The molecule has 1 N–H and O–H groups in total.